The van der Waals surface area contributed by atoms with Gasteiger partial charge in [-0.3, -0.25) is 0 Å². The maximum Gasteiger partial charge on any atom is 0.163 e. The van der Waals surface area contributed by atoms with Crippen molar-refractivity contribution in [1.29, 1.82) is 0 Å². The van der Waals surface area contributed by atoms with Crippen molar-refractivity contribution in [1.82, 2.24) is 0 Å². The maximum absolute atomic E-state index is 8.13. The summed E-state index contributed by atoms with van der Waals surface area (Å²) < 4.78 is 16.3. The molecule has 6 nitrogen and oxygen atoms in total. The van der Waals surface area contributed by atoms with Crippen molar-refractivity contribution in [2.24, 2.45) is 5.11 Å². The number of nitrogens with zero attached hydrogens (tertiary/aromatic N) is 3. The lowest BCUT2D eigenvalue weighted by molar-refractivity contribution is 0.0119. The second-order valence-electron chi connectivity index (χ2n) is 7.03. The quantitative estimate of drug-likeness (QED) is 0.0499. The van der Waals surface area contributed by atoms with Crippen LogP contribution in [0, 0.1) is 0 Å². The smallest absolute Gasteiger partial charge is 0.163 e. The van der Waals surface area contributed by atoms with Gasteiger partial charge in [-0.05, 0) is 29.3 Å². The fraction of sp³-hybridized carbons (Fsp3) is 0.700. The van der Waals surface area contributed by atoms with Gasteiger partial charge >= 0.3 is 0 Å². The monoisotopic (exact) mass is 459 g/mol. The summed E-state index contributed by atoms with van der Waals surface area (Å²) in [6.07, 6.45) is 3.79. The lowest BCUT2D eigenvalue weighted by atomic mass is 10.2. The number of halogens is 1. The fourth-order valence-corrected chi connectivity index (χ4v) is 7.17. The van der Waals surface area contributed by atoms with Gasteiger partial charge < -0.3 is 14.2 Å². The van der Waals surface area contributed by atoms with Gasteiger partial charge in [0, 0.05) is 21.7 Å². The largest absolute Gasteiger partial charge is 0.379 e. The molecule has 1 aromatic rings. The molecule has 0 spiro atoms. The first-order valence-electron chi connectivity index (χ1n) is 10.2. The summed E-state index contributed by atoms with van der Waals surface area (Å²) in [7, 11) is -1.62. The van der Waals surface area contributed by atoms with Crippen LogP contribution < -0.4 is 0 Å². The highest BCUT2D eigenvalue weighted by molar-refractivity contribution is 8.01. The number of hydrogen-bond donors (Lipinski definition) is 0. The van der Waals surface area contributed by atoms with Crippen molar-refractivity contribution >= 4 is 30.2 Å². The molecule has 1 atom stereocenters. The molecule has 0 amide bonds. The standard InChI is InChI=1S/C20H34ClN3O3SSi/c1-3-4-5-16-29(2,21)18-28-20-8-6-19(7-9-20)17-27-15-14-26-13-12-25-11-10-23-24-22/h6-9H,3-5,10-18H2,1-2H3. The zero-order valence-electron chi connectivity index (χ0n) is 17.6. The molecule has 0 radical (unpaired) electrons. The first kappa shape index (κ1) is 26.3. The molecule has 0 saturated heterocycles. The average molecular weight is 460 g/mol. The summed E-state index contributed by atoms with van der Waals surface area (Å²) in [4.78, 5) is 3.93. The van der Waals surface area contributed by atoms with Crippen molar-refractivity contribution in [2.75, 3.05) is 45.0 Å². The molecule has 9 heteroatoms. The van der Waals surface area contributed by atoms with Crippen LogP contribution in [0.2, 0.25) is 12.6 Å². The molecule has 1 aromatic carbocycles. The Bertz CT molecular complexity index is 587. The van der Waals surface area contributed by atoms with Crippen LogP contribution in [0.25, 0.3) is 10.4 Å². The molecule has 0 bridgehead atoms. The normalized spacial score (nSPS) is 13.1. The average Bonchev–Trinajstić information content (AvgIpc) is 2.71. The maximum atomic E-state index is 8.13. The van der Waals surface area contributed by atoms with E-state index >= 15 is 0 Å². The van der Waals surface area contributed by atoms with E-state index in [9.17, 15) is 0 Å². The third kappa shape index (κ3) is 14.8. The van der Waals surface area contributed by atoms with Crippen molar-refractivity contribution in [3.8, 4) is 0 Å². The summed E-state index contributed by atoms with van der Waals surface area (Å²) in [6.45, 7) is 7.93. The highest BCUT2D eigenvalue weighted by Crippen LogP contribution is 2.28. The van der Waals surface area contributed by atoms with Crippen LogP contribution in [0.4, 0.5) is 0 Å². The predicted molar refractivity (Wildman–Crippen MR) is 124 cm³/mol. The van der Waals surface area contributed by atoms with Gasteiger partial charge in [-0.15, -0.1) is 11.8 Å². The number of rotatable bonds is 18. The molecule has 1 rings (SSSR count). The summed E-state index contributed by atoms with van der Waals surface area (Å²) in [5.74, 6) is 0. The van der Waals surface area contributed by atoms with E-state index in [4.69, 9.17) is 30.8 Å². The second-order valence-corrected chi connectivity index (χ2v) is 15.0. The Kier molecular flexibility index (Phi) is 15.4. The van der Waals surface area contributed by atoms with E-state index in [0.29, 0.717) is 46.2 Å². The molecule has 0 N–H and O–H groups in total. The van der Waals surface area contributed by atoms with Crippen LogP contribution >= 0.6 is 22.8 Å². The topological polar surface area (TPSA) is 76.5 Å². The van der Waals surface area contributed by atoms with Gasteiger partial charge in [0.2, 0.25) is 0 Å². The molecule has 0 heterocycles. The zero-order valence-corrected chi connectivity index (χ0v) is 20.2. The van der Waals surface area contributed by atoms with E-state index in [0.717, 1.165) is 10.9 Å². The Balaban J connectivity index is 2.08. The Morgan fingerprint density at radius 3 is 2.34 bits per heavy atom. The number of thioether (sulfide) groups is 1. The fourth-order valence-electron chi connectivity index (χ4n) is 2.51. The highest BCUT2D eigenvalue weighted by Gasteiger charge is 2.23. The third-order valence-electron chi connectivity index (χ3n) is 4.18. The Morgan fingerprint density at radius 2 is 1.69 bits per heavy atom. The third-order valence-corrected chi connectivity index (χ3v) is 10.7. The number of ether oxygens (including phenoxy) is 3. The van der Waals surface area contributed by atoms with Gasteiger partial charge in [-0.1, -0.05) is 50.0 Å². The van der Waals surface area contributed by atoms with E-state index in [1.54, 1.807) is 0 Å². The first-order valence-corrected chi connectivity index (χ1v) is 15.1. The van der Waals surface area contributed by atoms with Crippen molar-refractivity contribution in [2.45, 2.75) is 50.3 Å². The molecular weight excluding hydrogens is 426 g/mol. The highest BCUT2D eigenvalue weighted by atomic mass is 35.6. The zero-order chi connectivity index (χ0) is 21.2. The van der Waals surface area contributed by atoms with Gasteiger partial charge in [-0.25, -0.2) is 0 Å². The van der Waals surface area contributed by atoms with Crippen molar-refractivity contribution in [3.63, 3.8) is 0 Å². The summed E-state index contributed by atoms with van der Waals surface area (Å²) >= 11 is 8.65. The number of unbranched alkanes of at least 4 members (excludes halogenated alkanes) is 2. The van der Waals surface area contributed by atoms with Crippen molar-refractivity contribution < 1.29 is 14.2 Å². The molecule has 0 aliphatic heterocycles. The van der Waals surface area contributed by atoms with E-state index in [2.05, 4.69) is 47.8 Å². The van der Waals surface area contributed by atoms with Gasteiger partial charge in [0.05, 0.1) is 39.6 Å². The SMILES string of the molecule is CCCCC[Si](C)(Cl)CSc1ccc(COCCOCCOCCN=[N+]=[N-])cc1. The molecular formula is C20H34ClN3O3SSi. The molecule has 1 unspecified atom stereocenters. The molecule has 0 aromatic heterocycles. The van der Waals surface area contributed by atoms with Crippen LogP contribution in [0.1, 0.15) is 31.7 Å². The Hall–Kier alpha value is -0.733. The minimum atomic E-state index is -1.62. The first-order chi connectivity index (χ1) is 14.1. The summed E-state index contributed by atoms with van der Waals surface area (Å²) in [5, 5.41) is 4.44. The molecule has 0 aliphatic carbocycles. The van der Waals surface area contributed by atoms with Gasteiger partial charge in [0.15, 0.2) is 7.38 Å². The minimum Gasteiger partial charge on any atom is -0.379 e. The van der Waals surface area contributed by atoms with Crippen LogP contribution in [0.15, 0.2) is 34.3 Å². The van der Waals surface area contributed by atoms with E-state index < -0.39 is 7.38 Å². The summed E-state index contributed by atoms with van der Waals surface area (Å²) in [5.41, 5.74) is 9.29. The molecule has 0 saturated carbocycles. The summed E-state index contributed by atoms with van der Waals surface area (Å²) in [6, 6.07) is 9.74. The molecule has 29 heavy (non-hydrogen) atoms. The van der Waals surface area contributed by atoms with E-state index in [-0.39, 0.29) is 0 Å². The minimum absolute atomic E-state index is 0.350. The lowest BCUT2D eigenvalue weighted by Gasteiger charge is -2.18. The number of hydrogen-bond acceptors (Lipinski definition) is 5. The van der Waals surface area contributed by atoms with Crippen LogP contribution in [0.5, 0.6) is 0 Å². The molecule has 164 valence electrons. The molecule has 0 fully saturated rings. The van der Waals surface area contributed by atoms with E-state index in [1.165, 1.54) is 30.2 Å². The Labute approximate surface area is 185 Å². The van der Waals surface area contributed by atoms with Gasteiger partial charge in [-0.2, -0.15) is 11.1 Å². The van der Waals surface area contributed by atoms with E-state index in [1.807, 2.05) is 11.8 Å². The molecule has 0 aliphatic rings. The number of azide groups is 1. The Morgan fingerprint density at radius 1 is 1.03 bits per heavy atom. The second kappa shape index (κ2) is 17.0. The van der Waals surface area contributed by atoms with Gasteiger partial charge in [0.25, 0.3) is 0 Å². The lowest BCUT2D eigenvalue weighted by Crippen LogP contribution is -2.25. The van der Waals surface area contributed by atoms with Crippen molar-refractivity contribution in [3.05, 3.63) is 40.3 Å². The van der Waals surface area contributed by atoms with Crippen LogP contribution in [-0.2, 0) is 20.8 Å². The van der Waals surface area contributed by atoms with Gasteiger partial charge in [0.1, 0.15) is 0 Å². The van der Waals surface area contributed by atoms with Crippen LogP contribution in [0.3, 0.4) is 0 Å². The number of benzene rings is 1. The van der Waals surface area contributed by atoms with Crippen LogP contribution in [-0.4, -0.2) is 52.3 Å². The predicted octanol–water partition coefficient (Wildman–Crippen LogP) is 6.18.